The molecule has 0 heterocycles. The number of aliphatic carboxylic acids is 1. The van der Waals surface area contributed by atoms with Gasteiger partial charge in [-0.1, -0.05) is 51.4 Å². The topological polar surface area (TPSA) is 75.3 Å². The summed E-state index contributed by atoms with van der Waals surface area (Å²) in [5.74, 6) is 4.51. The minimum atomic E-state index is -0.669. The van der Waals surface area contributed by atoms with Gasteiger partial charge < -0.3 is 5.11 Å². The van der Waals surface area contributed by atoms with Crippen LogP contribution in [0.3, 0.4) is 0 Å². The minimum Gasteiger partial charge on any atom is -0.481 e. The van der Waals surface area contributed by atoms with E-state index in [9.17, 15) is 4.79 Å². The molecule has 0 radical (unpaired) electrons. The highest BCUT2D eigenvalue weighted by Crippen LogP contribution is 2.11. The van der Waals surface area contributed by atoms with Gasteiger partial charge in [-0.2, -0.15) is 0 Å². The van der Waals surface area contributed by atoms with E-state index < -0.39 is 5.97 Å². The molecule has 0 aliphatic rings. The maximum Gasteiger partial charge on any atom is 0.303 e. The molecule has 0 bridgehead atoms. The number of rotatable bonds is 13. The summed E-state index contributed by atoms with van der Waals surface area (Å²) < 4.78 is 0. The van der Waals surface area contributed by atoms with Crippen molar-refractivity contribution >= 4 is 5.97 Å². The fourth-order valence-electron chi connectivity index (χ4n) is 1.92. The van der Waals surface area contributed by atoms with Crippen molar-refractivity contribution in [1.82, 2.24) is 5.43 Å². The van der Waals surface area contributed by atoms with Crippen LogP contribution in [0.4, 0.5) is 0 Å². The molecule has 0 aromatic carbocycles. The predicted molar refractivity (Wildman–Crippen MR) is 70.6 cm³/mol. The molecule has 17 heavy (non-hydrogen) atoms. The third kappa shape index (κ3) is 15.4. The van der Waals surface area contributed by atoms with Crippen LogP contribution in [0.25, 0.3) is 0 Å². The van der Waals surface area contributed by atoms with Gasteiger partial charge in [-0.25, -0.2) is 0 Å². The van der Waals surface area contributed by atoms with Crippen LogP contribution in [-0.4, -0.2) is 17.6 Å². The first-order valence-electron chi connectivity index (χ1n) is 6.92. The summed E-state index contributed by atoms with van der Waals surface area (Å²) in [5, 5.41) is 8.46. The van der Waals surface area contributed by atoms with Crippen molar-refractivity contribution < 1.29 is 9.90 Å². The van der Waals surface area contributed by atoms with Gasteiger partial charge in [-0.05, 0) is 12.8 Å². The summed E-state index contributed by atoms with van der Waals surface area (Å²) in [4.78, 5) is 10.3. The van der Waals surface area contributed by atoms with Gasteiger partial charge in [0.2, 0.25) is 0 Å². The largest absolute Gasteiger partial charge is 0.481 e. The van der Waals surface area contributed by atoms with E-state index in [4.69, 9.17) is 10.9 Å². The Balaban J connectivity index is 2.91. The molecule has 0 aliphatic heterocycles. The van der Waals surface area contributed by atoms with Crippen LogP contribution in [0, 0.1) is 0 Å². The summed E-state index contributed by atoms with van der Waals surface area (Å²) in [6.07, 6.45) is 12.3. The Labute approximate surface area is 105 Å². The highest BCUT2D eigenvalue weighted by Gasteiger charge is 1.96. The minimum absolute atomic E-state index is 0.329. The van der Waals surface area contributed by atoms with Gasteiger partial charge in [-0.3, -0.25) is 16.1 Å². The van der Waals surface area contributed by atoms with Crippen molar-refractivity contribution in [3.63, 3.8) is 0 Å². The predicted octanol–water partition coefficient (Wildman–Crippen LogP) is 2.83. The van der Waals surface area contributed by atoms with E-state index in [0.29, 0.717) is 6.42 Å². The average Bonchev–Trinajstić information content (AvgIpc) is 2.30. The number of hydrogen-bond donors (Lipinski definition) is 3. The molecule has 102 valence electrons. The number of unbranched alkanes of at least 4 members (excludes halogenated alkanes) is 9. The Morgan fingerprint density at radius 2 is 1.24 bits per heavy atom. The van der Waals surface area contributed by atoms with Gasteiger partial charge in [0.15, 0.2) is 0 Å². The molecule has 0 saturated carbocycles. The molecule has 0 aromatic rings. The van der Waals surface area contributed by atoms with E-state index in [-0.39, 0.29) is 0 Å². The number of carboxylic acids is 1. The smallest absolute Gasteiger partial charge is 0.303 e. The highest BCUT2D eigenvalue weighted by atomic mass is 16.4. The molecule has 0 atom stereocenters. The van der Waals surface area contributed by atoms with E-state index in [1.165, 1.54) is 51.4 Å². The van der Waals surface area contributed by atoms with Gasteiger partial charge in [-0.15, -0.1) is 0 Å². The number of hydrazine groups is 1. The first kappa shape index (κ1) is 16.4. The highest BCUT2D eigenvalue weighted by molar-refractivity contribution is 5.66. The monoisotopic (exact) mass is 244 g/mol. The van der Waals surface area contributed by atoms with E-state index in [2.05, 4.69) is 5.43 Å². The molecule has 0 fully saturated rings. The van der Waals surface area contributed by atoms with Crippen LogP contribution >= 0.6 is 0 Å². The zero-order chi connectivity index (χ0) is 12.8. The summed E-state index contributed by atoms with van der Waals surface area (Å²) in [6.45, 7) is 0.920. The third-order valence-corrected chi connectivity index (χ3v) is 2.96. The maximum absolute atomic E-state index is 10.3. The van der Waals surface area contributed by atoms with Crippen molar-refractivity contribution in [2.24, 2.45) is 5.84 Å². The van der Waals surface area contributed by atoms with E-state index in [0.717, 1.165) is 19.4 Å². The van der Waals surface area contributed by atoms with Crippen LogP contribution in [0.15, 0.2) is 0 Å². The second-order valence-corrected chi connectivity index (χ2v) is 4.63. The van der Waals surface area contributed by atoms with Gasteiger partial charge in [0.05, 0.1) is 0 Å². The average molecular weight is 244 g/mol. The molecule has 0 spiro atoms. The van der Waals surface area contributed by atoms with Gasteiger partial charge in [0, 0.05) is 13.0 Å². The van der Waals surface area contributed by atoms with Crippen molar-refractivity contribution in [2.75, 3.05) is 6.54 Å². The lowest BCUT2D eigenvalue weighted by atomic mass is 10.1. The van der Waals surface area contributed by atoms with Crippen LogP contribution in [0.2, 0.25) is 0 Å². The van der Waals surface area contributed by atoms with Crippen molar-refractivity contribution in [2.45, 2.75) is 70.6 Å². The van der Waals surface area contributed by atoms with E-state index >= 15 is 0 Å². The normalized spacial score (nSPS) is 10.6. The quantitative estimate of drug-likeness (QED) is 0.264. The SMILES string of the molecule is NNCCCCCCCCCCCCC(=O)O. The first-order valence-corrected chi connectivity index (χ1v) is 6.92. The summed E-state index contributed by atoms with van der Waals surface area (Å²) >= 11 is 0. The summed E-state index contributed by atoms with van der Waals surface area (Å²) in [7, 11) is 0. The lowest BCUT2D eigenvalue weighted by Crippen LogP contribution is -2.22. The number of nitrogens with two attached hydrogens (primary N) is 1. The molecule has 4 N–H and O–H groups in total. The Morgan fingerprint density at radius 1 is 0.824 bits per heavy atom. The molecule has 0 amide bonds. The number of carboxylic acid groups (broad SMARTS) is 1. The van der Waals surface area contributed by atoms with E-state index in [1.807, 2.05) is 0 Å². The lowest BCUT2D eigenvalue weighted by Gasteiger charge is -2.02. The van der Waals surface area contributed by atoms with Crippen molar-refractivity contribution in [1.29, 1.82) is 0 Å². The van der Waals surface area contributed by atoms with Crippen molar-refractivity contribution in [3.05, 3.63) is 0 Å². The van der Waals surface area contributed by atoms with Crippen LogP contribution < -0.4 is 11.3 Å². The van der Waals surface area contributed by atoms with Crippen LogP contribution in [0.5, 0.6) is 0 Å². The van der Waals surface area contributed by atoms with E-state index in [1.54, 1.807) is 0 Å². The van der Waals surface area contributed by atoms with Gasteiger partial charge in [0.25, 0.3) is 0 Å². The molecule has 4 heteroatoms. The number of hydrogen-bond acceptors (Lipinski definition) is 3. The summed E-state index contributed by atoms with van der Waals surface area (Å²) in [6, 6.07) is 0. The standard InChI is InChI=1S/C13H28N2O2/c14-15-12-10-8-6-4-2-1-3-5-7-9-11-13(16)17/h15H,1-12,14H2,(H,16,17). The first-order chi connectivity index (χ1) is 8.27. The molecular formula is C13H28N2O2. The zero-order valence-corrected chi connectivity index (χ0v) is 10.9. The number of nitrogens with one attached hydrogen (secondary N) is 1. The molecule has 0 aromatic heterocycles. The Bertz CT molecular complexity index is 175. The Morgan fingerprint density at radius 3 is 1.65 bits per heavy atom. The Kier molecular flexibility index (Phi) is 13.0. The molecule has 0 aliphatic carbocycles. The van der Waals surface area contributed by atoms with Gasteiger partial charge >= 0.3 is 5.97 Å². The maximum atomic E-state index is 10.3. The fraction of sp³-hybridized carbons (Fsp3) is 0.923. The van der Waals surface area contributed by atoms with Crippen LogP contribution in [-0.2, 0) is 4.79 Å². The molecular weight excluding hydrogens is 216 g/mol. The molecule has 0 saturated heterocycles. The lowest BCUT2D eigenvalue weighted by molar-refractivity contribution is -0.137. The fourth-order valence-corrected chi connectivity index (χ4v) is 1.92. The summed E-state index contributed by atoms with van der Waals surface area (Å²) in [5.41, 5.74) is 2.66. The third-order valence-electron chi connectivity index (χ3n) is 2.96. The molecule has 4 nitrogen and oxygen atoms in total. The van der Waals surface area contributed by atoms with Gasteiger partial charge in [0.1, 0.15) is 0 Å². The molecule has 0 rings (SSSR count). The zero-order valence-electron chi connectivity index (χ0n) is 10.9. The molecule has 0 unspecified atom stereocenters. The second-order valence-electron chi connectivity index (χ2n) is 4.63. The Hall–Kier alpha value is -0.610. The second kappa shape index (κ2) is 13.5. The number of carbonyl (C=O) groups is 1. The van der Waals surface area contributed by atoms with Crippen molar-refractivity contribution in [3.8, 4) is 0 Å². The van der Waals surface area contributed by atoms with Crippen LogP contribution in [0.1, 0.15) is 70.6 Å².